The molecule has 1 amide bonds. The molecule has 5 nitrogen and oxygen atoms in total. The van der Waals surface area contributed by atoms with Crippen molar-refractivity contribution in [3.05, 3.63) is 35.7 Å². The average molecular weight is 349 g/mol. The number of sulfone groups is 1. The number of nitrogens with one attached hydrogen (secondary N) is 1. The second-order valence-electron chi connectivity index (χ2n) is 5.07. The van der Waals surface area contributed by atoms with Gasteiger partial charge in [-0.25, -0.2) is 8.42 Å². The minimum Gasteiger partial charge on any atom is -0.482 e. The normalized spacial score (nSPS) is 19.5. The Balaban J connectivity index is 1.97. The van der Waals surface area contributed by atoms with Gasteiger partial charge in [0.1, 0.15) is 5.75 Å². The van der Waals surface area contributed by atoms with Crippen LogP contribution in [0.15, 0.2) is 35.7 Å². The number of rotatable bonds is 5. The first-order valence-corrected chi connectivity index (χ1v) is 8.35. The molecular formula is C14H14F3NO4S. The third-order valence-electron chi connectivity index (χ3n) is 3.00. The Morgan fingerprint density at radius 1 is 1.30 bits per heavy atom. The molecule has 0 aliphatic carbocycles. The topological polar surface area (TPSA) is 72.5 Å². The van der Waals surface area contributed by atoms with Crippen molar-refractivity contribution in [1.82, 2.24) is 0 Å². The van der Waals surface area contributed by atoms with E-state index in [4.69, 9.17) is 0 Å². The van der Waals surface area contributed by atoms with Crippen molar-refractivity contribution in [1.29, 1.82) is 0 Å². The summed E-state index contributed by atoms with van der Waals surface area (Å²) in [5.74, 6) is -1.19. The first kappa shape index (κ1) is 17.3. The molecule has 0 saturated heterocycles. The predicted octanol–water partition coefficient (Wildman–Crippen LogP) is 2.51. The van der Waals surface area contributed by atoms with Crippen molar-refractivity contribution in [2.24, 2.45) is 5.92 Å². The predicted molar refractivity (Wildman–Crippen MR) is 77.7 cm³/mol. The Bertz CT molecular complexity index is 713. The Hall–Kier alpha value is -2.03. The van der Waals surface area contributed by atoms with Gasteiger partial charge >= 0.3 is 6.18 Å². The molecule has 1 N–H and O–H groups in total. The molecular weight excluding hydrogens is 335 g/mol. The van der Waals surface area contributed by atoms with Crippen molar-refractivity contribution in [2.75, 3.05) is 17.7 Å². The minimum atomic E-state index is -4.49. The van der Waals surface area contributed by atoms with Crippen molar-refractivity contribution in [2.45, 2.75) is 12.6 Å². The molecule has 1 aliphatic rings. The van der Waals surface area contributed by atoms with Gasteiger partial charge in [-0.2, -0.15) is 13.2 Å². The molecule has 0 fully saturated rings. The number of hydrogen-bond acceptors (Lipinski definition) is 4. The number of allylic oxidation sites excluding steroid dienone is 1. The van der Waals surface area contributed by atoms with Crippen LogP contribution in [0.2, 0.25) is 0 Å². The Morgan fingerprint density at radius 2 is 2.00 bits per heavy atom. The van der Waals surface area contributed by atoms with E-state index >= 15 is 0 Å². The average Bonchev–Trinajstić information content (AvgIpc) is 2.76. The molecule has 23 heavy (non-hydrogen) atoms. The quantitative estimate of drug-likeness (QED) is 0.887. The van der Waals surface area contributed by atoms with E-state index in [-0.39, 0.29) is 23.6 Å². The lowest BCUT2D eigenvalue weighted by molar-refractivity contribution is -0.153. The third-order valence-corrected chi connectivity index (χ3v) is 4.47. The van der Waals surface area contributed by atoms with Crippen LogP contribution in [0.4, 0.5) is 18.9 Å². The van der Waals surface area contributed by atoms with Crippen LogP contribution in [0.5, 0.6) is 5.75 Å². The highest BCUT2D eigenvalue weighted by Gasteiger charge is 2.29. The number of para-hydroxylation sites is 2. The molecule has 1 atom stereocenters. The molecule has 1 aromatic carbocycles. The van der Waals surface area contributed by atoms with Gasteiger partial charge in [-0.3, -0.25) is 4.79 Å². The van der Waals surface area contributed by atoms with Gasteiger partial charge in [0.15, 0.2) is 16.4 Å². The van der Waals surface area contributed by atoms with Crippen LogP contribution in [0.3, 0.4) is 0 Å². The molecule has 2 rings (SSSR count). The van der Waals surface area contributed by atoms with E-state index in [1.54, 1.807) is 0 Å². The van der Waals surface area contributed by atoms with Gasteiger partial charge in [0.05, 0.1) is 11.4 Å². The van der Waals surface area contributed by atoms with Crippen LogP contribution in [0, 0.1) is 5.92 Å². The molecule has 1 aromatic rings. The zero-order valence-electron chi connectivity index (χ0n) is 11.8. The number of hydrogen-bond donors (Lipinski definition) is 1. The molecule has 1 heterocycles. The fourth-order valence-electron chi connectivity index (χ4n) is 2.06. The van der Waals surface area contributed by atoms with Gasteiger partial charge in [0.2, 0.25) is 5.91 Å². The van der Waals surface area contributed by atoms with E-state index in [2.05, 4.69) is 10.1 Å². The largest absolute Gasteiger partial charge is 0.482 e. The van der Waals surface area contributed by atoms with Crippen molar-refractivity contribution >= 4 is 21.4 Å². The van der Waals surface area contributed by atoms with Crippen molar-refractivity contribution in [3.8, 4) is 5.75 Å². The van der Waals surface area contributed by atoms with Crippen LogP contribution in [-0.4, -0.2) is 32.9 Å². The highest BCUT2D eigenvalue weighted by molar-refractivity contribution is 7.94. The summed E-state index contributed by atoms with van der Waals surface area (Å²) < 4.78 is 63.8. The molecule has 0 spiro atoms. The van der Waals surface area contributed by atoms with E-state index in [0.29, 0.717) is 0 Å². The Morgan fingerprint density at radius 3 is 2.61 bits per heavy atom. The number of carbonyl (C=O) groups excluding carboxylic acids is 1. The van der Waals surface area contributed by atoms with E-state index in [0.717, 1.165) is 5.41 Å². The van der Waals surface area contributed by atoms with Crippen LogP contribution < -0.4 is 10.1 Å². The Labute approximate surface area is 131 Å². The smallest absolute Gasteiger partial charge is 0.422 e. The summed E-state index contributed by atoms with van der Waals surface area (Å²) in [6.45, 7) is -1.47. The van der Waals surface area contributed by atoms with Crippen LogP contribution in [0.1, 0.15) is 6.42 Å². The fraction of sp³-hybridized carbons (Fsp3) is 0.357. The maximum atomic E-state index is 12.2. The molecule has 1 unspecified atom stereocenters. The minimum absolute atomic E-state index is 0.0800. The van der Waals surface area contributed by atoms with Gasteiger partial charge in [-0.15, -0.1) is 0 Å². The maximum absolute atomic E-state index is 12.2. The van der Waals surface area contributed by atoms with Gasteiger partial charge in [-0.1, -0.05) is 18.2 Å². The number of anilines is 1. The molecule has 0 saturated carbocycles. The van der Waals surface area contributed by atoms with E-state index < -0.39 is 34.4 Å². The number of carbonyl (C=O) groups is 1. The monoisotopic (exact) mass is 349 g/mol. The number of alkyl halides is 3. The summed E-state index contributed by atoms with van der Waals surface area (Å²) in [6.07, 6.45) is -3.13. The highest BCUT2D eigenvalue weighted by Crippen LogP contribution is 2.27. The Kier molecular flexibility index (Phi) is 4.98. The van der Waals surface area contributed by atoms with Crippen LogP contribution >= 0.6 is 0 Å². The van der Waals surface area contributed by atoms with E-state index in [1.165, 1.54) is 30.3 Å². The lowest BCUT2D eigenvalue weighted by Gasteiger charge is -2.14. The van der Waals surface area contributed by atoms with Crippen molar-refractivity contribution in [3.63, 3.8) is 0 Å². The standard InChI is InChI=1S/C14H14F3NO4S/c15-14(16,17)9-22-12-4-2-1-3-11(12)18-13(19)7-10-5-6-23(20,21)8-10/h1-6,10H,7-9H2,(H,18,19). The number of halogens is 3. The zero-order valence-corrected chi connectivity index (χ0v) is 12.7. The van der Waals surface area contributed by atoms with Crippen LogP contribution in [-0.2, 0) is 14.6 Å². The summed E-state index contributed by atoms with van der Waals surface area (Å²) in [4.78, 5) is 11.9. The molecule has 0 radical (unpaired) electrons. The molecule has 0 aromatic heterocycles. The lowest BCUT2D eigenvalue weighted by atomic mass is 10.1. The summed E-state index contributed by atoms with van der Waals surface area (Å²) >= 11 is 0. The van der Waals surface area contributed by atoms with Gasteiger partial charge in [0.25, 0.3) is 0 Å². The number of benzene rings is 1. The van der Waals surface area contributed by atoms with Crippen molar-refractivity contribution < 1.29 is 31.1 Å². The molecule has 9 heteroatoms. The second-order valence-corrected chi connectivity index (χ2v) is 7.00. The highest BCUT2D eigenvalue weighted by atomic mass is 32.2. The first-order chi connectivity index (χ1) is 10.6. The molecule has 1 aliphatic heterocycles. The number of amides is 1. The molecule has 0 bridgehead atoms. The SMILES string of the molecule is O=C(CC1C=CS(=O)(=O)C1)Nc1ccccc1OCC(F)(F)F. The maximum Gasteiger partial charge on any atom is 0.422 e. The second kappa shape index (κ2) is 6.61. The third kappa shape index (κ3) is 5.59. The summed E-state index contributed by atoms with van der Waals surface area (Å²) in [5.41, 5.74) is 0.103. The summed E-state index contributed by atoms with van der Waals surface area (Å²) in [7, 11) is -3.26. The van der Waals surface area contributed by atoms with Gasteiger partial charge < -0.3 is 10.1 Å². The molecule has 126 valence electrons. The van der Waals surface area contributed by atoms with Gasteiger partial charge in [-0.05, 0) is 12.1 Å². The fourth-order valence-corrected chi connectivity index (χ4v) is 3.46. The summed E-state index contributed by atoms with van der Waals surface area (Å²) in [6, 6.07) is 5.73. The lowest BCUT2D eigenvalue weighted by Crippen LogP contribution is -2.21. The number of ether oxygens (including phenoxy) is 1. The van der Waals surface area contributed by atoms with Crippen LogP contribution in [0.25, 0.3) is 0 Å². The first-order valence-electron chi connectivity index (χ1n) is 6.64. The summed E-state index contributed by atoms with van der Waals surface area (Å²) in [5, 5.41) is 3.50. The van der Waals surface area contributed by atoms with Gasteiger partial charge in [0, 0.05) is 17.7 Å². The zero-order chi connectivity index (χ0) is 17.1. The van der Waals surface area contributed by atoms with E-state index in [1.807, 2.05) is 0 Å². The van der Waals surface area contributed by atoms with E-state index in [9.17, 15) is 26.4 Å².